The number of nitrogens with zero attached hydrogens (tertiary/aromatic N) is 2. The predicted molar refractivity (Wildman–Crippen MR) is 97.4 cm³/mol. The fourth-order valence-corrected chi connectivity index (χ4v) is 3.33. The number of rotatable bonds is 4. The van der Waals surface area contributed by atoms with Crippen LogP contribution in [0.2, 0.25) is 0 Å². The molecule has 0 bridgehead atoms. The summed E-state index contributed by atoms with van der Waals surface area (Å²) in [6.07, 6.45) is -1.57. The number of carbonyl (C=O) groups is 1. The average Bonchev–Trinajstić information content (AvgIpc) is 2.97. The summed E-state index contributed by atoms with van der Waals surface area (Å²) in [5.41, 5.74) is 6.01. The standard InChI is InChI=1S/C19H19F5N4O/c1-18(25)2-3-28(10-18)16-14(11-4-12(20)6-13(21)5-11)7-26-8-15(16)17(29)27-9-19(22,23)24/h4-8H,2-3,9-10,25H2,1H3,(H,27,29)/t18-/m0/s1. The summed E-state index contributed by atoms with van der Waals surface area (Å²) in [5, 5.41) is 1.81. The Morgan fingerprint density at radius 3 is 2.45 bits per heavy atom. The number of nitrogens with two attached hydrogens (primary N) is 1. The Balaban J connectivity index is 2.10. The third kappa shape index (κ3) is 5.00. The highest BCUT2D eigenvalue weighted by molar-refractivity contribution is 6.03. The van der Waals surface area contributed by atoms with Crippen LogP contribution in [-0.4, -0.2) is 42.2 Å². The Labute approximate surface area is 163 Å². The summed E-state index contributed by atoms with van der Waals surface area (Å²) in [5.74, 6) is -2.65. The van der Waals surface area contributed by atoms with Crippen LogP contribution in [0.15, 0.2) is 30.6 Å². The van der Waals surface area contributed by atoms with E-state index < -0.39 is 35.8 Å². The molecular weight excluding hydrogens is 395 g/mol. The van der Waals surface area contributed by atoms with Gasteiger partial charge in [-0.1, -0.05) is 0 Å². The first-order chi connectivity index (χ1) is 13.5. The molecule has 1 fully saturated rings. The van der Waals surface area contributed by atoms with Crippen molar-refractivity contribution in [2.45, 2.75) is 25.1 Å². The number of pyridine rings is 1. The Bertz CT molecular complexity index is 909. The molecule has 0 spiro atoms. The number of hydrogen-bond donors (Lipinski definition) is 2. The van der Waals surface area contributed by atoms with Gasteiger partial charge in [0.2, 0.25) is 0 Å². The third-order valence-corrected chi connectivity index (χ3v) is 4.61. The van der Waals surface area contributed by atoms with E-state index in [-0.39, 0.29) is 22.4 Å². The van der Waals surface area contributed by atoms with Gasteiger partial charge in [-0.25, -0.2) is 8.78 Å². The van der Waals surface area contributed by atoms with Gasteiger partial charge in [0.1, 0.15) is 18.2 Å². The number of amides is 1. The highest BCUT2D eigenvalue weighted by Crippen LogP contribution is 2.37. The first kappa shape index (κ1) is 21.0. The summed E-state index contributed by atoms with van der Waals surface area (Å²) < 4.78 is 65.1. The van der Waals surface area contributed by atoms with Crippen molar-refractivity contribution in [3.63, 3.8) is 0 Å². The maximum Gasteiger partial charge on any atom is 0.405 e. The van der Waals surface area contributed by atoms with Crippen LogP contribution in [-0.2, 0) is 0 Å². The second-order valence-corrected chi connectivity index (χ2v) is 7.36. The number of carbonyl (C=O) groups excluding carboxylic acids is 1. The van der Waals surface area contributed by atoms with E-state index in [0.717, 1.165) is 18.3 Å². The van der Waals surface area contributed by atoms with Gasteiger partial charge < -0.3 is 16.0 Å². The molecule has 1 saturated heterocycles. The zero-order chi connectivity index (χ0) is 21.4. The lowest BCUT2D eigenvalue weighted by Gasteiger charge is -2.26. The fourth-order valence-electron chi connectivity index (χ4n) is 3.33. The second kappa shape index (κ2) is 7.58. The van der Waals surface area contributed by atoms with E-state index in [9.17, 15) is 26.7 Å². The Kier molecular flexibility index (Phi) is 5.48. The number of anilines is 1. The maximum atomic E-state index is 13.8. The van der Waals surface area contributed by atoms with Crippen LogP contribution in [0.4, 0.5) is 27.6 Å². The molecule has 1 atom stereocenters. The average molecular weight is 414 g/mol. The highest BCUT2D eigenvalue weighted by Gasteiger charge is 2.34. The van der Waals surface area contributed by atoms with Gasteiger partial charge >= 0.3 is 6.18 Å². The summed E-state index contributed by atoms with van der Waals surface area (Å²) in [4.78, 5) is 18.1. The van der Waals surface area contributed by atoms with Crippen LogP contribution in [0.5, 0.6) is 0 Å². The van der Waals surface area contributed by atoms with Crippen LogP contribution in [0.3, 0.4) is 0 Å². The number of nitrogens with one attached hydrogen (secondary N) is 1. The zero-order valence-corrected chi connectivity index (χ0v) is 15.5. The molecule has 2 heterocycles. The van der Waals surface area contributed by atoms with Crippen molar-refractivity contribution in [2.24, 2.45) is 5.73 Å². The number of hydrogen-bond acceptors (Lipinski definition) is 4. The zero-order valence-electron chi connectivity index (χ0n) is 15.5. The first-order valence-corrected chi connectivity index (χ1v) is 8.78. The number of halogens is 5. The monoisotopic (exact) mass is 414 g/mol. The van der Waals surface area contributed by atoms with Gasteiger partial charge in [-0.15, -0.1) is 0 Å². The number of aromatic nitrogens is 1. The van der Waals surface area contributed by atoms with E-state index in [1.165, 1.54) is 6.20 Å². The first-order valence-electron chi connectivity index (χ1n) is 8.78. The van der Waals surface area contributed by atoms with Crippen molar-refractivity contribution in [3.05, 3.63) is 47.8 Å². The molecular formula is C19H19F5N4O. The van der Waals surface area contributed by atoms with E-state index in [1.54, 1.807) is 11.8 Å². The van der Waals surface area contributed by atoms with E-state index >= 15 is 0 Å². The smallest absolute Gasteiger partial charge is 0.368 e. The van der Waals surface area contributed by atoms with E-state index in [4.69, 9.17) is 5.73 Å². The minimum absolute atomic E-state index is 0.112. The Morgan fingerprint density at radius 1 is 1.24 bits per heavy atom. The molecule has 29 heavy (non-hydrogen) atoms. The van der Waals surface area contributed by atoms with Gasteiger partial charge in [-0.3, -0.25) is 9.78 Å². The highest BCUT2D eigenvalue weighted by atomic mass is 19.4. The Morgan fingerprint density at radius 2 is 1.90 bits per heavy atom. The second-order valence-electron chi connectivity index (χ2n) is 7.36. The molecule has 0 unspecified atom stereocenters. The van der Waals surface area contributed by atoms with Crippen molar-refractivity contribution in [3.8, 4) is 11.1 Å². The number of alkyl halides is 3. The van der Waals surface area contributed by atoms with Gasteiger partial charge in [0.15, 0.2) is 0 Å². The topological polar surface area (TPSA) is 71.2 Å². The van der Waals surface area contributed by atoms with Crippen LogP contribution < -0.4 is 16.0 Å². The molecule has 0 saturated carbocycles. The largest absolute Gasteiger partial charge is 0.405 e. The van der Waals surface area contributed by atoms with Crippen molar-refractivity contribution >= 4 is 11.6 Å². The molecule has 10 heteroatoms. The van der Waals surface area contributed by atoms with Gasteiger partial charge in [0, 0.05) is 42.7 Å². The van der Waals surface area contributed by atoms with Gasteiger partial charge in [-0.05, 0) is 31.0 Å². The normalized spacial score (nSPS) is 19.5. The van der Waals surface area contributed by atoms with Crippen molar-refractivity contribution < 1.29 is 26.7 Å². The molecule has 1 amide bonds. The molecule has 156 valence electrons. The van der Waals surface area contributed by atoms with Gasteiger partial charge in [0.05, 0.1) is 11.3 Å². The number of benzene rings is 1. The molecule has 1 aliphatic heterocycles. The van der Waals surface area contributed by atoms with Crippen LogP contribution >= 0.6 is 0 Å². The van der Waals surface area contributed by atoms with Crippen LogP contribution in [0, 0.1) is 11.6 Å². The van der Waals surface area contributed by atoms with Crippen molar-refractivity contribution in [1.82, 2.24) is 10.3 Å². The molecule has 5 nitrogen and oxygen atoms in total. The third-order valence-electron chi connectivity index (χ3n) is 4.61. The minimum Gasteiger partial charge on any atom is -0.368 e. The molecule has 1 aromatic carbocycles. The summed E-state index contributed by atoms with van der Waals surface area (Å²) in [6, 6.07) is 2.83. The van der Waals surface area contributed by atoms with Crippen molar-refractivity contribution in [2.75, 3.05) is 24.5 Å². The summed E-state index contributed by atoms with van der Waals surface area (Å²) >= 11 is 0. The summed E-state index contributed by atoms with van der Waals surface area (Å²) in [7, 11) is 0. The molecule has 0 radical (unpaired) electrons. The lowest BCUT2D eigenvalue weighted by molar-refractivity contribution is -0.123. The predicted octanol–water partition coefficient (Wildman–Crippen LogP) is 3.25. The molecule has 3 rings (SSSR count). The van der Waals surface area contributed by atoms with E-state index in [1.807, 2.05) is 5.32 Å². The molecule has 2 aromatic rings. The van der Waals surface area contributed by atoms with E-state index in [2.05, 4.69) is 4.98 Å². The van der Waals surface area contributed by atoms with Crippen molar-refractivity contribution in [1.29, 1.82) is 0 Å². The maximum absolute atomic E-state index is 13.8. The van der Waals surface area contributed by atoms with Gasteiger partial charge in [-0.2, -0.15) is 13.2 Å². The summed E-state index contributed by atoms with van der Waals surface area (Å²) in [6.45, 7) is 1.01. The molecule has 1 aromatic heterocycles. The van der Waals surface area contributed by atoms with Crippen LogP contribution in [0.1, 0.15) is 23.7 Å². The Hall–Kier alpha value is -2.75. The van der Waals surface area contributed by atoms with Crippen LogP contribution in [0.25, 0.3) is 11.1 Å². The molecule has 1 aliphatic rings. The van der Waals surface area contributed by atoms with E-state index in [0.29, 0.717) is 25.6 Å². The SMILES string of the molecule is C[C@]1(N)CCN(c2c(C(=O)NCC(F)(F)F)cncc2-c2cc(F)cc(F)c2)C1. The van der Waals surface area contributed by atoms with Gasteiger partial charge in [0.25, 0.3) is 5.91 Å². The molecule has 0 aliphatic carbocycles. The minimum atomic E-state index is -4.59. The molecule has 3 N–H and O–H groups in total. The quantitative estimate of drug-likeness (QED) is 0.754. The lowest BCUT2D eigenvalue weighted by atomic mass is 10.0. The fraction of sp³-hybridized carbons (Fsp3) is 0.368. The lowest BCUT2D eigenvalue weighted by Crippen LogP contribution is -2.40.